The first-order valence-electron chi connectivity index (χ1n) is 7.18. The van der Waals surface area contributed by atoms with Crippen molar-refractivity contribution in [3.8, 4) is 0 Å². The number of carbonyl (C=O) groups excluding carboxylic acids is 1. The van der Waals surface area contributed by atoms with Gasteiger partial charge in [-0.15, -0.1) is 0 Å². The summed E-state index contributed by atoms with van der Waals surface area (Å²) in [5.74, 6) is -0.749. The zero-order chi connectivity index (χ0) is 15.6. The van der Waals surface area contributed by atoms with E-state index in [0.717, 1.165) is 12.0 Å². The highest BCUT2D eigenvalue weighted by atomic mass is 35.5. The van der Waals surface area contributed by atoms with E-state index in [1.807, 2.05) is 38.1 Å². The molecule has 4 nitrogen and oxygen atoms in total. The minimum Gasteiger partial charge on any atom is -0.481 e. The predicted molar refractivity (Wildman–Crippen MR) is 81.4 cm³/mol. The van der Waals surface area contributed by atoms with Crippen LogP contribution in [0.4, 0.5) is 0 Å². The Bertz CT molecular complexity index is 544. The smallest absolute Gasteiger partial charge is 0.305 e. The van der Waals surface area contributed by atoms with Crippen molar-refractivity contribution in [2.24, 2.45) is 5.92 Å². The van der Waals surface area contributed by atoms with Gasteiger partial charge in [0.2, 0.25) is 5.91 Å². The Labute approximate surface area is 129 Å². The number of carboxylic acids is 1. The standard InChI is InChI=1S/C16H20ClNO3/c1-10(2)18(8-7-15(19)20)16(21)13-9-12(13)11-5-3-4-6-14(11)17/h3-6,10,12-13H,7-9H2,1-2H3,(H,19,20). The summed E-state index contributed by atoms with van der Waals surface area (Å²) in [5.41, 5.74) is 1.01. The molecule has 1 N–H and O–H groups in total. The third-order valence-corrected chi connectivity index (χ3v) is 4.23. The molecule has 1 amide bonds. The molecule has 1 aromatic rings. The largest absolute Gasteiger partial charge is 0.481 e. The van der Waals surface area contributed by atoms with Crippen molar-refractivity contribution in [3.05, 3.63) is 34.9 Å². The zero-order valence-electron chi connectivity index (χ0n) is 12.3. The lowest BCUT2D eigenvalue weighted by Crippen LogP contribution is -2.39. The molecule has 5 heteroatoms. The number of nitrogens with zero attached hydrogens (tertiary/aromatic N) is 1. The number of amides is 1. The summed E-state index contributed by atoms with van der Waals surface area (Å²) < 4.78 is 0. The van der Waals surface area contributed by atoms with Crippen molar-refractivity contribution in [2.45, 2.75) is 38.6 Å². The van der Waals surface area contributed by atoms with Gasteiger partial charge in [0, 0.05) is 23.5 Å². The Morgan fingerprint density at radius 2 is 2.05 bits per heavy atom. The van der Waals surface area contributed by atoms with E-state index in [0.29, 0.717) is 5.02 Å². The van der Waals surface area contributed by atoms with Crippen molar-refractivity contribution in [1.82, 2.24) is 4.90 Å². The molecule has 21 heavy (non-hydrogen) atoms. The molecule has 0 aliphatic heterocycles. The van der Waals surface area contributed by atoms with Gasteiger partial charge in [-0.1, -0.05) is 29.8 Å². The lowest BCUT2D eigenvalue weighted by Gasteiger charge is -2.26. The molecule has 2 rings (SSSR count). The van der Waals surface area contributed by atoms with Gasteiger partial charge in [0.25, 0.3) is 0 Å². The molecular formula is C16H20ClNO3. The van der Waals surface area contributed by atoms with Gasteiger partial charge >= 0.3 is 5.97 Å². The summed E-state index contributed by atoms with van der Waals surface area (Å²) in [4.78, 5) is 24.9. The molecule has 2 atom stereocenters. The third-order valence-electron chi connectivity index (χ3n) is 3.89. The highest BCUT2D eigenvalue weighted by molar-refractivity contribution is 6.31. The van der Waals surface area contributed by atoms with Crippen molar-refractivity contribution in [2.75, 3.05) is 6.54 Å². The lowest BCUT2D eigenvalue weighted by atomic mass is 10.1. The van der Waals surface area contributed by atoms with E-state index in [-0.39, 0.29) is 36.8 Å². The maximum atomic E-state index is 12.5. The van der Waals surface area contributed by atoms with Gasteiger partial charge < -0.3 is 10.0 Å². The number of rotatable bonds is 6. The molecule has 0 saturated heterocycles. The molecule has 1 aromatic carbocycles. The van der Waals surface area contributed by atoms with Crippen LogP contribution >= 0.6 is 11.6 Å². The highest BCUT2D eigenvalue weighted by Gasteiger charge is 2.46. The normalized spacial score (nSPS) is 20.4. The number of hydrogen-bond acceptors (Lipinski definition) is 2. The first kappa shape index (κ1) is 15.8. The number of aliphatic carboxylic acids is 1. The zero-order valence-corrected chi connectivity index (χ0v) is 13.0. The average Bonchev–Trinajstić information content (AvgIpc) is 3.18. The number of hydrogen-bond donors (Lipinski definition) is 1. The van der Waals surface area contributed by atoms with Crippen LogP contribution in [0.3, 0.4) is 0 Å². The summed E-state index contributed by atoms with van der Waals surface area (Å²) in [7, 11) is 0. The summed E-state index contributed by atoms with van der Waals surface area (Å²) in [5, 5.41) is 9.49. The number of carbonyl (C=O) groups is 2. The molecule has 0 aromatic heterocycles. The Hall–Kier alpha value is -1.55. The number of carboxylic acid groups (broad SMARTS) is 1. The van der Waals surface area contributed by atoms with Gasteiger partial charge in [0.15, 0.2) is 0 Å². The second-order valence-corrected chi connectivity index (χ2v) is 6.15. The first-order chi connectivity index (χ1) is 9.91. The Kier molecular flexibility index (Phi) is 4.88. The molecule has 1 aliphatic carbocycles. The second-order valence-electron chi connectivity index (χ2n) is 5.74. The van der Waals surface area contributed by atoms with Crippen LogP contribution in [-0.4, -0.2) is 34.5 Å². The molecule has 0 spiro atoms. The van der Waals surface area contributed by atoms with Gasteiger partial charge in [-0.05, 0) is 37.8 Å². The van der Waals surface area contributed by atoms with Crippen molar-refractivity contribution >= 4 is 23.5 Å². The molecule has 1 aliphatic rings. The lowest BCUT2D eigenvalue weighted by molar-refractivity contribution is -0.139. The fraction of sp³-hybridized carbons (Fsp3) is 0.500. The number of benzene rings is 1. The van der Waals surface area contributed by atoms with Gasteiger partial charge in [-0.2, -0.15) is 0 Å². The van der Waals surface area contributed by atoms with Crippen LogP contribution in [-0.2, 0) is 9.59 Å². The summed E-state index contributed by atoms with van der Waals surface area (Å²) in [6.07, 6.45) is 0.770. The molecule has 0 heterocycles. The van der Waals surface area contributed by atoms with Crippen LogP contribution in [0.1, 0.15) is 38.2 Å². The van der Waals surface area contributed by atoms with E-state index in [9.17, 15) is 9.59 Å². The van der Waals surface area contributed by atoms with Crippen LogP contribution in [0, 0.1) is 5.92 Å². The van der Waals surface area contributed by atoms with E-state index in [2.05, 4.69) is 0 Å². The Morgan fingerprint density at radius 3 is 2.62 bits per heavy atom. The molecular weight excluding hydrogens is 290 g/mol. The van der Waals surface area contributed by atoms with Crippen molar-refractivity contribution < 1.29 is 14.7 Å². The number of halogens is 1. The maximum absolute atomic E-state index is 12.5. The van der Waals surface area contributed by atoms with Gasteiger partial charge in [-0.25, -0.2) is 0 Å². The SMILES string of the molecule is CC(C)N(CCC(=O)O)C(=O)C1CC1c1ccccc1Cl. The van der Waals surface area contributed by atoms with E-state index in [1.165, 1.54) is 0 Å². The molecule has 1 saturated carbocycles. The summed E-state index contributed by atoms with van der Waals surface area (Å²) >= 11 is 6.17. The quantitative estimate of drug-likeness (QED) is 0.878. The Balaban J connectivity index is 2.03. The van der Waals surface area contributed by atoms with Gasteiger partial charge in [-0.3, -0.25) is 9.59 Å². The Morgan fingerprint density at radius 1 is 1.38 bits per heavy atom. The van der Waals surface area contributed by atoms with Crippen LogP contribution in [0.5, 0.6) is 0 Å². The maximum Gasteiger partial charge on any atom is 0.305 e. The van der Waals surface area contributed by atoms with E-state index >= 15 is 0 Å². The van der Waals surface area contributed by atoms with Gasteiger partial charge in [0.05, 0.1) is 6.42 Å². The minimum atomic E-state index is -0.882. The van der Waals surface area contributed by atoms with Gasteiger partial charge in [0.1, 0.15) is 0 Å². The topological polar surface area (TPSA) is 57.6 Å². The van der Waals surface area contributed by atoms with Crippen molar-refractivity contribution in [1.29, 1.82) is 0 Å². The molecule has 0 radical (unpaired) electrons. The predicted octanol–water partition coefficient (Wildman–Crippen LogP) is 3.16. The highest BCUT2D eigenvalue weighted by Crippen LogP contribution is 2.50. The van der Waals surface area contributed by atoms with E-state index < -0.39 is 5.97 Å². The average molecular weight is 310 g/mol. The van der Waals surface area contributed by atoms with E-state index in [1.54, 1.807) is 4.90 Å². The molecule has 1 fully saturated rings. The molecule has 2 unspecified atom stereocenters. The molecule has 114 valence electrons. The monoisotopic (exact) mass is 309 g/mol. The first-order valence-corrected chi connectivity index (χ1v) is 7.56. The third kappa shape index (κ3) is 3.76. The van der Waals surface area contributed by atoms with Crippen LogP contribution in [0.2, 0.25) is 5.02 Å². The minimum absolute atomic E-state index is 0.00402. The second kappa shape index (κ2) is 6.48. The van der Waals surface area contributed by atoms with Crippen molar-refractivity contribution in [3.63, 3.8) is 0 Å². The van der Waals surface area contributed by atoms with Crippen LogP contribution in [0.25, 0.3) is 0 Å². The fourth-order valence-corrected chi connectivity index (χ4v) is 2.92. The molecule has 0 bridgehead atoms. The fourth-order valence-electron chi connectivity index (χ4n) is 2.64. The van der Waals surface area contributed by atoms with E-state index in [4.69, 9.17) is 16.7 Å². The van der Waals surface area contributed by atoms with Crippen LogP contribution in [0.15, 0.2) is 24.3 Å². The summed E-state index contributed by atoms with van der Waals surface area (Å²) in [6.45, 7) is 4.08. The van der Waals surface area contributed by atoms with Crippen LogP contribution < -0.4 is 0 Å². The summed E-state index contributed by atoms with van der Waals surface area (Å²) in [6, 6.07) is 7.59.